The zero-order valence-electron chi connectivity index (χ0n) is 14.3. The summed E-state index contributed by atoms with van der Waals surface area (Å²) in [4.78, 5) is 24.8. The number of anilines is 2. The van der Waals surface area contributed by atoms with Crippen molar-refractivity contribution in [2.45, 2.75) is 26.7 Å². The van der Waals surface area contributed by atoms with Crippen LogP contribution >= 0.6 is 15.9 Å². The van der Waals surface area contributed by atoms with E-state index >= 15 is 0 Å². The quantitative estimate of drug-likeness (QED) is 0.807. The van der Waals surface area contributed by atoms with Crippen LogP contribution in [0.4, 0.5) is 15.8 Å². The van der Waals surface area contributed by atoms with Crippen LogP contribution in [0.25, 0.3) is 0 Å². The van der Waals surface area contributed by atoms with Gasteiger partial charge >= 0.3 is 0 Å². The highest BCUT2D eigenvalue weighted by atomic mass is 79.9. The average molecular weight is 418 g/mol. The zero-order valence-corrected chi connectivity index (χ0v) is 15.9. The first-order chi connectivity index (χ1) is 12.3. The van der Waals surface area contributed by atoms with E-state index in [4.69, 9.17) is 0 Å². The van der Waals surface area contributed by atoms with Gasteiger partial charge in [-0.1, -0.05) is 28.1 Å². The van der Waals surface area contributed by atoms with E-state index in [1.165, 1.54) is 17.1 Å². The summed E-state index contributed by atoms with van der Waals surface area (Å²) in [6.45, 7) is 3.80. The molecular formula is C19H17BrFN3O2. The second-order valence-electron chi connectivity index (χ2n) is 6.12. The number of hydrogen-bond acceptors (Lipinski definition) is 3. The summed E-state index contributed by atoms with van der Waals surface area (Å²) in [5.41, 5.74) is 2.77. The van der Waals surface area contributed by atoms with E-state index in [1.807, 2.05) is 32.0 Å². The van der Waals surface area contributed by atoms with Gasteiger partial charge < -0.3 is 5.32 Å². The van der Waals surface area contributed by atoms with Crippen molar-refractivity contribution in [3.8, 4) is 0 Å². The summed E-state index contributed by atoms with van der Waals surface area (Å²) in [7, 11) is 0. The Morgan fingerprint density at radius 2 is 1.96 bits per heavy atom. The van der Waals surface area contributed by atoms with Gasteiger partial charge in [0.2, 0.25) is 5.91 Å². The molecule has 0 unspecified atom stereocenters. The lowest BCUT2D eigenvalue weighted by molar-refractivity contribution is -0.118. The molecule has 7 heteroatoms. The van der Waals surface area contributed by atoms with E-state index in [0.29, 0.717) is 10.2 Å². The minimum Gasteiger partial charge on any atom is -0.318 e. The average Bonchev–Trinajstić information content (AvgIpc) is 2.60. The standard InChI is InChI=1S/C19H17BrFN3O2/c1-11-3-4-12(2)17(9-11)24-18(25)8-7-16(23-24)19(26)22-15-6-5-13(20)10-14(15)21/h3-6,9-10H,7-8H2,1-2H3,(H,22,26). The number of benzene rings is 2. The third-order valence-electron chi connectivity index (χ3n) is 4.07. The van der Waals surface area contributed by atoms with Crippen LogP contribution in [0.5, 0.6) is 0 Å². The van der Waals surface area contributed by atoms with Crippen LogP contribution in [0.3, 0.4) is 0 Å². The number of carbonyl (C=O) groups is 2. The predicted molar refractivity (Wildman–Crippen MR) is 103 cm³/mol. The van der Waals surface area contributed by atoms with Gasteiger partial charge in [0, 0.05) is 17.3 Å². The highest BCUT2D eigenvalue weighted by Gasteiger charge is 2.27. The van der Waals surface area contributed by atoms with Crippen molar-refractivity contribution in [2.75, 3.05) is 10.3 Å². The number of hydrogen-bond donors (Lipinski definition) is 1. The van der Waals surface area contributed by atoms with Gasteiger partial charge in [0.15, 0.2) is 0 Å². The fourth-order valence-electron chi connectivity index (χ4n) is 2.64. The van der Waals surface area contributed by atoms with Crippen molar-refractivity contribution in [2.24, 2.45) is 5.10 Å². The summed E-state index contributed by atoms with van der Waals surface area (Å²) < 4.78 is 14.5. The molecule has 0 fully saturated rings. The molecule has 0 bridgehead atoms. The van der Waals surface area contributed by atoms with Crippen molar-refractivity contribution in [3.63, 3.8) is 0 Å². The fourth-order valence-corrected chi connectivity index (χ4v) is 2.97. The maximum absolute atomic E-state index is 13.9. The molecule has 0 saturated carbocycles. The van der Waals surface area contributed by atoms with E-state index < -0.39 is 11.7 Å². The fraction of sp³-hybridized carbons (Fsp3) is 0.211. The van der Waals surface area contributed by atoms with Gasteiger partial charge in [0.25, 0.3) is 5.91 Å². The Balaban J connectivity index is 1.88. The van der Waals surface area contributed by atoms with Crippen molar-refractivity contribution in [1.82, 2.24) is 0 Å². The molecule has 1 aliphatic rings. The van der Waals surface area contributed by atoms with E-state index in [-0.39, 0.29) is 30.1 Å². The summed E-state index contributed by atoms with van der Waals surface area (Å²) in [5.74, 6) is -1.24. The molecule has 2 aromatic rings. The van der Waals surface area contributed by atoms with E-state index in [1.54, 1.807) is 6.07 Å². The minimum atomic E-state index is -0.549. The molecule has 0 saturated heterocycles. The van der Waals surface area contributed by atoms with Crippen molar-refractivity contribution >= 4 is 44.8 Å². The van der Waals surface area contributed by atoms with Crippen LogP contribution in [0, 0.1) is 19.7 Å². The molecule has 0 aromatic heterocycles. The van der Waals surface area contributed by atoms with Crippen LogP contribution in [0.1, 0.15) is 24.0 Å². The lowest BCUT2D eigenvalue weighted by Gasteiger charge is -2.24. The first-order valence-electron chi connectivity index (χ1n) is 8.09. The number of nitrogens with one attached hydrogen (secondary N) is 1. The van der Waals surface area contributed by atoms with Crippen molar-refractivity contribution < 1.29 is 14.0 Å². The Bertz CT molecular complexity index is 927. The number of rotatable bonds is 3. The van der Waals surface area contributed by atoms with Gasteiger partial charge in [-0.05, 0) is 49.2 Å². The molecular weight excluding hydrogens is 401 g/mol. The predicted octanol–water partition coefficient (Wildman–Crippen LogP) is 4.33. The maximum atomic E-state index is 13.9. The molecule has 1 heterocycles. The molecule has 0 radical (unpaired) electrons. The maximum Gasteiger partial charge on any atom is 0.271 e. The second kappa shape index (κ2) is 7.37. The van der Waals surface area contributed by atoms with Crippen molar-refractivity contribution in [1.29, 1.82) is 0 Å². The van der Waals surface area contributed by atoms with Crippen LogP contribution in [0.2, 0.25) is 0 Å². The molecule has 0 atom stereocenters. The zero-order chi connectivity index (χ0) is 18.8. The summed E-state index contributed by atoms with van der Waals surface area (Å²) >= 11 is 3.17. The minimum absolute atomic E-state index is 0.0658. The molecule has 5 nitrogen and oxygen atoms in total. The van der Waals surface area contributed by atoms with Gasteiger partial charge in [-0.15, -0.1) is 0 Å². The van der Waals surface area contributed by atoms with Crippen LogP contribution < -0.4 is 10.3 Å². The van der Waals surface area contributed by atoms with E-state index in [0.717, 1.165) is 11.1 Å². The largest absolute Gasteiger partial charge is 0.318 e. The SMILES string of the molecule is Cc1ccc(C)c(N2N=C(C(=O)Nc3ccc(Br)cc3F)CCC2=O)c1. The number of hydrazone groups is 1. The normalized spacial score (nSPS) is 14.2. The van der Waals surface area contributed by atoms with E-state index in [9.17, 15) is 14.0 Å². The van der Waals surface area contributed by atoms with Gasteiger partial charge in [-0.2, -0.15) is 5.10 Å². The number of halogens is 2. The first kappa shape index (κ1) is 18.3. The van der Waals surface area contributed by atoms with Gasteiger partial charge in [-0.25, -0.2) is 9.40 Å². The molecule has 3 rings (SSSR count). The molecule has 0 aliphatic carbocycles. The second-order valence-corrected chi connectivity index (χ2v) is 7.04. The monoisotopic (exact) mass is 417 g/mol. The molecule has 134 valence electrons. The summed E-state index contributed by atoms with van der Waals surface area (Å²) in [6, 6.07) is 10.1. The lowest BCUT2D eigenvalue weighted by atomic mass is 10.1. The Morgan fingerprint density at radius 3 is 2.69 bits per heavy atom. The molecule has 26 heavy (non-hydrogen) atoms. The third kappa shape index (κ3) is 3.83. The first-order valence-corrected chi connectivity index (χ1v) is 8.88. The third-order valence-corrected chi connectivity index (χ3v) is 4.56. The van der Waals surface area contributed by atoms with Crippen molar-refractivity contribution in [3.05, 3.63) is 57.8 Å². The Kier molecular flexibility index (Phi) is 5.18. The van der Waals surface area contributed by atoms with Crippen LogP contribution in [-0.4, -0.2) is 17.5 Å². The summed E-state index contributed by atoms with van der Waals surface area (Å²) in [5, 5.41) is 8.01. The Morgan fingerprint density at radius 1 is 1.19 bits per heavy atom. The topological polar surface area (TPSA) is 61.8 Å². The highest BCUT2D eigenvalue weighted by molar-refractivity contribution is 9.10. The van der Waals surface area contributed by atoms with E-state index in [2.05, 4.69) is 26.3 Å². The van der Waals surface area contributed by atoms with Crippen LogP contribution in [-0.2, 0) is 9.59 Å². The summed E-state index contributed by atoms with van der Waals surface area (Å²) in [6.07, 6.45) is 0.382. The molecule has 2 aromatic carbocycles. The molecule has 2 amide bonds. The van der Waals surface area contributed by atoms with Gasteiger partial charge in [-0.3, -0.25) is 9.59 Å². The lowest BCUT2D eigenvalue weighted by Crippen LogP contribution is -2.36. The number of nitrogens with zero attached hydrogens (tertiary/aromatic N) is 2. The Hall–Kier alpha value is -2.54. The van der Waals surface area contributed by atoms with Gasteiger partial charge in [0.05, 0.1) is 11.4 Å². The van der Waals surface area contributed by atoms with Gasteiger partial charge in [0.1, 0.15) is 11.5 Å². The number of amides is 2. The number of carbonyl (C=O) groups excluding carboxylic acids is 2. The molecule has 0 spiro atoms. The molecule has 1 N–H and O–H groups in total. The number of aryl methyl sites for hydroxylation is 2. The highest BCUT2D eigenvalue weighted by Crippen LogP contribution is 2.26. The smallest absolute Gasteiger partial charge is 0.271 e. The Labute approximate surface area is 159 Å². The van der Waals surface area contributed by atoms with Crippen LogP contribution in [0.15, 0.2) is 46.0 Å². The molecule has 1 aliphatic heterocycles.